The van der Waals surface area contributed by atoms with E-state index in [4.69, 9.17) is 10.9 Å². The molecule has 0 aromatic carbocycles. The Balaban J connectivity index is 2.34. The summed E-state index contributed by atoms with van der Waals surface area (Å²) in [6.45, 7) is 1.29. The summed E-state index contributed by atoms with van der Waals surface area (Å²) in [6, 6.07) is 1.40. The van der Waals surface area contributed by atoms with E-state index in [1.165, 1.54) is 16.9 Å². The Morgan fingerprint density at radius 3 is 2.57 bits per heavy atom. The van der Waals surface area contributed by atoms with E-state index in [9.17, 15) is 8.42 Å². The van der Waals surface area contributed by atoms with Gasteiger partial charge in [0.2, 0.25) is 0 Å². The molecule has 0 unspecified atom stereocenters. The molecule has 10 heteroatoms. The van der Waals surface area contributed by atoms with E-state index in [2.05, 4.69) is 19.9 Å². The lowest BCUT2D eigenvalue weighted by Crippen LogP contribution is -2.62. The van der Waals surface area contributed by atoms with Crippen molar-refractivity contribution < 1.29 is 13.6 Å². The zero-order valence-corrected chi connectivity index (χ0v) is 12.8. The van der Waals surface area contributed by atoms with E-state index < -0.39 is 15.6 Å². The molecule has 0 saturated carbocycles. The van der Waals surface area contributed by atoms with Crippen LogP contribution in [-0.2, 0) is 17.1 Å². The molecule has 9 nitrogen and oxygen atoms in total. The average Bonchev–Trinajstić information content (AvgIpc) is 2.87. The smallest absolute Gasteiger partial charge is 0.258 e. The minimum Gasteiger partial charge on any atom is -0.409 e. The Morgan fingerprint density at radius 1 is 1.48 bits per heavy atom. The van der Waals surface area contributed by atoms with E-state index in [0.717, 1.165) is 0 Å². The van der Waals surface area contributed by atoms with Gasteiger partial charge in [-0.3, -0.25) is 4.68 Å². The van der Waals surface area contributed by atoms with Crippen molar-refractivity contribution in [2.45, 2.75) is 23.4 Å². The van der Waals surface area contributed by atoms with Gasteiger partial charge in [-0.05, 0) is 26.0 Å². The van der Waals surface area contributed by atoms with Crippen molar-refractivity contribution in [2.75, 3.05) is 20.1 Å². The zero-order chi connectivity index (χ0) is 15.7. The molecular weight excluding hydrogens is 296 g/mol. The highest BCUT2D eigenvalue weighted by molar-refractivity contribution is 7.89. The summed E-state index contributed by atoms with van der Waals surface area (Å²) in [4.78, 5) is 2.06. The molecule has 0 bridgehead atoms. The van der Waals surface area contributed by atoms with Crippen LogP contribution >= 0.6 is 0 Å². The Hall–Kier alpha value is -1.65. The molecule has 4 N–H and O–H groups in total. The monoisotopic (exact) mass is 316 g/mol. The maximum atomic E-state index is 12.5. The summed E-state index contributed by atoms with van der Waals surface area (Å²) in [5.41, 5.74) is 4.68. The van der Waals surface area contributed by atoms with Crippen LogP contribution < -0.4 is 10.5 Å². The standard InChI is InChI=1S/C11H20N6O3S/c1-16-7-4-11(5-8-16,10(12)14-18)15-21(19,20)9-3-6-13-17(9)2/h3,6,15,18H,4-5,7-8H2,1-2H3,(H2,12,14). The van der Waals surface area contributed by atoms with E-state index in [1.807, 2.05) is 7.05 Å². The van der Waals surface area contributed by atoms with E-state index >= 15 is 0 Å². The summed E-state index contributed by atoms with van der Waals surface area (Å²) in [7, 11) is -0.341. The van der Waals surface area contributed by atoms with Gasteiger partial charge in [0.05, 0.1) is 11.7 Å². The van der Waals surface area contributed by atoms with Gasteiger partial charge < -0.3 is 15.8 Å². The van der Waals surface area contributed by atoms with Gasteiger partial charge in [0.1, 0.15) is 0 Å². The van der Waals surface area contributed by atoms with Gasteiger partial charge in [0, 0.05) is 20.1 Å². The lowest BCUT2D eigenvalue weighted by atomic mass is 9.88. The molecule has 1 saturated heterocycles. The van der Waals surface area contributed by atoms with Gasteiger partial charge in [-0.2, -0.15) is 9.82 Å². The van der Waals surface area contributed by atoms with Crippen molar-refractivity contribution in [3.63, 3.8) is 0 Å². The summed E-state index contributed by atoms with van der Waals surface area (Å²) in [5.74, 6) is -0.124. The van der Waals surface area contributed by atoms with Gasteiger partial charge in [-0.1, -0.05) is 5.16 Å². The third-order valence-electron chi connectivity index (χ3n) is 3.82. The second-order valence-electron chi connectivity index (χ2n) is 5.27. The van der Waals surface area contributed by atoms with Crippen LogP contribution in [0.2, 0.25) is 0 Å². The van der Waals surface area contributed by atoms with Gasteiger partial charge in [-0.25, -0.2) is 8.42 Å². The second kappa shape index (κ2) is 5.62. The lowest BCUT2D eigenvalue weighted by molar-refractivity contribution is 0.213. The summed E-state index contributed by atoms with van der Waals surface area (Å²) >= 11 is 0. The van der Waals surface area contributed by atoms with Crippen molar-refractivity contribution in [3.05, 3.63) is 12.3 Å². The van der Waals surface area contributed by atoms with Crippen LogP contribution in [0.5, 0.6) is 0 Å². The molecule has 1 aliphatic rings. The van der Waals surface area contributed by atoms with E-state index in [0.29, 0.717) is 25.9 Å². The number of oxime groups is 1. The number of nitrogens with zero attached hydrogens (tertiary/aromatic N) is 4. The topological polar surface area (TPSA) is 126 Å². The predicted octanol–water partition coefficient (Wildman–Crippen LogP) is -1.09. The SMILES string of the molecule is CN1CCC(NS(=O)(=O)c2ccnn2C)(C(N)=NO)CC1. The molecule has 21 heavy (non-hydrogen) atoms. The molecular formula is C11H20N6O3S. The first-order valence-electron chi connectivity index (χ1n) is 6.49. The quantitative estimate of drug-likeness (QED) is 0.280. The number of hydrogen-bond acceptors (Lipinski definition) is 6. The number of sulfonamides is 1. The number of nitrogens with two attached hydrogens (primary N) is 1. The first-order valence-corrected chi connectivity index (χ1v) is 7.97. The van der Waals surface area contributed by atoms with Crippen LogP contribution in [0.25, 0.3) is 0 Å². The molecule has 1 aromatic heterocycles. The van der Waals surface area contributed by atoms with Gasteiger partial charge in [-0.15, -0.1) is 0 Å². The Morgan fingerprint density at radius 2 is 2.10 bits per heavy atom. The van der Waals surface area contributed by atoms with Crippen LogP contribution in [0.15, 0.2) is 22.4 Å². The van der Waals surface area contributed by atoms with Crippen molar-refractivity contribution in [1.29, 1.82) is 0 Å². The molecule has 118 valence electrons. The highest BCUT2D eigenvalue weighted by atomic mass is 32.2. The molecule has 1 aliphatic heterocycles. The Labute approximate surface area is 123 Å². The number of likely N-dealkylation sites (tertiary alicyclic amines) is 1. The average molecular weight is 316 g/mol. The molecule has 0 atom stereocenters. The zero-order valence-electron chi connectivity index (χ0n) is 12.0. The molecule has 2 heterocycles. The lowest BCUT2D eigenvalue weighted by Gasteiger charge is -2.39. The fourth-order valence-electron chi connectivity index (χ4n) is 2.44. The van der Waals surface area contributed by atoms with E-state index in [-0.39, 0.29) is 10.9 Å². The van der Waals surface area contributed by atoms with Crippen LogP contribution in [0.4, 0.5) is 0 Å². The number of rotatable bonds is 4. The van der Waals surface area contributed by atoms with Crippen LogP contribution in [-0.4, -0.2) is 59.8 Å². The van der Waals surface area contributed by atoms with Crippen molar-refractivity contribution in [1.82, 2.24) is 19.4 Å². The third kappa shape index (κ3) is 3.01. The Kier molecular flexibility index (Phi) is 4.21. The summed E-state index contributed by atoms with van der Waals surface area (Å²) < 4.78 is 28.9. The van der Waals surface area contributed by atoms with Crippen LogP contribution in [0.3, 0.4) is 0 Å². The van der Waals surface area contributed by atoms with Crippen LogP contribution in [0, 0.1) is 0 Å². The van der Waals surface area contributed by atoms with Crippen molar-refractivity contribution >= 4 is 15.9 Å². The number of aryl methyl sites for hydroxylation is 1. The number of amidine groups is 1. The third-order valence-corrected chi connectivity index (χ3v) is 5.43. The fraction of sp³-hybridized carbons (Fsp3) is 0.636. The molecule has 2 rings (SSSR count). The summed E-state index contributed by atoms with van der Waals surface area (Å²) in [6.07, 6.45) is 2.26. The largest absolute Gasteiger partial charge is 0.409 e. The molecule has 0 aliphatic carbocycles. The molecule has 0 amide bonds. The minimum atomic E-state index is -3.82. The van der Waals surface area contributed by atoms with Gasteiger partial charge in [0.15, 0.2) is 10.9 Å². The number of hydrogen-bond donors (Lipinski definition) is 3. The molecule has 0 spiro atoms. The highest BCUT2D eigenvalue weighted by Crippen LogP contribution is 2.24. The minimum absolute atomic E-state index is 0.0338. The fourth-order valence-corrected chi connectivity index (χ4v) is 4.00. The van der Waals surface area contributed by atoms with Crippen LogP contribution in [0.1, 0.15) is 12.8 Å². The summed E-state index contributed by atoms with van der Waals surface area (Å²) in [5, 5.41) is 15.9. The number of aromatic nitrogens is 2. The maximum Gasteiger partial charge on any atom is 0.258 e. The molecule has 1 aromatic rings. The number of nitrogens with one attached hydrogen (secondary N) is 1. The maximum absolute atomic E-state index is 12.5. The van der Waals surface area contributed by atoms with Crippen molar-refractivity contribution in [3.8, 4) is 0 Å². The van der Waals surface area contributed by atoms with Gasteiger partial charge in [0.25, 0.3) is 10.0 Å². The Bertz CT molecular complexity index is 630. The first-order chi connectivity index (χ1) is 9.81. The predicted molar refractivity (Wildman–Crippen MR) is 76.4 cm³/mol. The second-order valence-corrected chi connectivity index (χ2v) is 6.90. The highest BCUT2D eigenvalue weighted by Gasteiger charge is 2.42. The van der Waals surface area contributed by atoms with Gasteiger partial charge >= 0.3 is 0 Å². The number of piperidine rings is 1. The van der Waals surface area contributed by atoms with Crippen molar-refractivity contribution in [2.24, 2.45) is 17.9 Å². The normalized spacial score (nSPS) is 20.6. The first kappa shape index (κ1) is 15.7. The molecule has 0 radical (unpaired) electrons. The molecule has 1 fully saturated rings. The van der Waals surface area contributed by atoms with E-state index in [1.54, 1.807) is 7.05 Å².